The van der Waals surface area contributed by atoms with E-state index in [1.54, 1.807) is 42.5 Å². The number of nitrogens with one attached hydrogen (secondary N) is 1. The molecule has 2 aromatic rings. The Morgan fingerprint density at radius 3 is 2.39 bits per heavy atom. The standard InChI is InChI=1S/C20H24N2O5S/c1-13-9-10-19(27-4)18(11-13)22(28(5,25)26)14(2)20(24)21-17-8-6-7-16(12-17)15(3)23/h6-12,14H,1-5H3,(H,21,24). The molecule has 0 radical (unpaired) electrons. The molecule has 0 bridgehead atoms. The fraction of sp³-hybridized carbons (Fsp3) is 0.300. The first kappa shape index (κ1) is 21.4. The van der Waals surface area contributed by atoms with E-state index in [9.17, 15) is 18.0 Å². The second kappa shape index (κ2) is 8.43. The summed E-state index contributed by atoms with van der Waals surface area (Å²) in [5, 5.41) is 2.67. The van der Waals surface area contributed by atoms with Crippen LogP contribution in [0.3, 0.4) is 0 Å². The molecule has 0 aliphatic rings. The number of anilines is 2. The van der Waals surface area contributed by atoms with Gasteiger partial charge >= 0.3 is 0 Å². The first-order valence-electron chi connectivity index (χ1n) is 8.60. The molecule has 7 nitrogen and oxygen atoms in total. The van der Waals surface area contributed by atoms with E-state index in [0.717, 1.165) is 16.1 Å². The lowest BCUT2D eigenvalue weighted by Crippen LogP contribution is -2.45. The number of sulfonamides is 1. The largest absolute Gasteiger partial charge is 0.495 e. The van der Waals surface area contributed by atoms with Crippen LogP contribution in [-0.4, -0.2) is 39.5 Å². The maximum absolute atomic E-state index is 12.8. The van der Waals surface area contributed by atoms with Gasteiger partial charge in [-0.3, -0.25) is 13.9 Å². The maximum atomic E-state index is 12.8. The molecule has 0 saturated heterocycles. The van der Waals surface area contributed by atoms with Gasteiger partial charge in [0.25, 0.3) is 0 Å². The number of rotatable bonds is 7. The zero-order valence-electron chi connectivity index (χ0n) is 16.5. The van der Waals surface area contributed by atoms with E-state index >= 15 is 0 Å². The number of aryl methyl sites for hydroxylation is 1. The monoisotopic (exact) mass is 404 g/mol. The molecule has 2 aromatic carbocycles. The molecule has 0 aliphatic heterocycles. The van der Waals surface area contributed by atoms with Crippen LogP contribution >= 0.6 is 0 Å². The molecule has 0 heterocycles. The Bertz CT molecular complexity index is 1000. The Balaban J connectivity index is 2.40. The predicted octanol–water partition coefficient (Wildman–Crippen LogP) is 3.00. The Morgan fingerprint density at radius 1 is 1.14 bits per heavy atom. The van der Waals surface area contributed by atoms with Crippen LogP contribution in [0.15, 0.2) is 42.5 Å². The molecule has 150 valence electrons. The van der Waals surface area contributed by atoms with Gasteiger partial charge in [-0.15, -0.1) is 0 Å². The van der Waals surface area contributed by atoms with Crippen LogP contribution in [0.4, 0.5) is 11.4 Å². The number of carbonyl (C=O) groups excluding carboxylic acids is 2. The van der Waals surface area contributed by atoms with E-state index in [2.05, 4.69) is 5.32 Å². The number of hydrogen-bond acceptors (Lipinski definition) is 5. The Morgan fingerprint density at radius 2 is 1.82 bits per heavy atom. The van der Waals surface area contributed by atoms with Gasteiger partial charge < -0.3 is 10.1 Å². The van der Waals surface area contributed by atoms with Crippen molar-refractivity contribution in [3.63, 3.8) is 0 Å². The highest BCUT2D eigenvalue weighted by Gasteiger charge is 2.31. The van der Waals surface area contributed by atoms with Crippen molar-refractivity contribution >= 4 is 33.1 Å². The summed E-state index contributed by atoms with van der Waals surface area (Å²) in [6, 6.07) is 10.5. The minimum atomic E-state index is -3.79. The second-order valence-corrected chi connectivity index (χ2v) is 8.40. The molecule has 2 rings (SSSR count). The average molecular weight is 404 g/mol. The van der Waals surface area contributed by atoms with Crippen LogP contribution < -0.4 is 14.4 Å². The van der Waals surface area contributed by atoms with E-state index in [-0.39, 0.29) is 11.5 Å². The normalized spacial score (nSPS) is 12.2. The van der Waals surface area contributed by atoms with Gasteiger partial charge in [0, 0.05) is 11.3 Å². The highest BCUT2D eigenvalue weighted by molar-refractivity contribution is 7.92. The lowest BCUT2D eigenvalue weighted by atomic mass is 10.1. The van der Waals surface area contributed by atoms with E-state index in [1.807, 2.05) is 6.92 Å². The second-order valence-electron chi connectivity index (χ2n) is 6.54. The molecule has 1 amide bonds. The van der Waals surface area contributed by atoms with Gasteiger partial charge in [0.1, 0.15) is 11.8 Å². The van der Waals surface area contributed by atoms with Crippen molar-refractivity contribution < 1.29 is 22.7 Å². The Hall–Kier alpha value is -2.87. The third kappa shape index (κ3) is 4.89. The quantitative estimate of drug-likeness (QED) is 0.716. The summed E-state index contributed by atoms with van der Waals surface area (Å²) in [4.78, 5) is 24.3. The van der Waals surface area contributed by atoms with Gasteiger partial charge in [-0.05, 0) is 50.6 Å². The number of ether oxygens (including phenoxy) is 1. The number of benzene rings is 2. The molecule has 0 saturated carbocycles. The van der Waals surface area contributed by atoms with E-state index in [0.29, 0.717) is 17.0 Å². The minimum Gasteiger partial charge on any atom is -0.495 e. The molecule has 1 atom stereocenters. The minimum absolute atomic E-state index is 0.133. The van der Waals surface area contributed by atoms with Crippen LogP contribution in [0, 0.1) is 6.92 Å². The SMILES string of the molecule is COc1ccc(C)cc1N(C(C)C(=O)Nc1cccc(C(C)=O)c1)S(C)(=O)=O. The molecule has 0 aromatic heterocycles. The molecule has 0 spiro atoms. The van der Waals surface area contributed by atoms with E-state index in [4.69, 9.17) is 4.74 Å². The first-order valence-corrected chi connectivity index (χ1v) is 10.5. The van der Waals surface area contributed by atoms with Crippen LogP contribution in [0.5, 0.6) is 5.75 Å². The smallest absolute Gasteiger partial charge is 0.247 e. The highest BCUT2D eigenvalue weighted by atomic mass is 32.2. The summed E-state index contributed by atoms with van der Waals surface area (Å²) in [6.45, 7) is 4.74. The lowest BCUT2D eigenvalue weighted by molar-refractivity contribution is -0.116. The Kier molecular flexibility index (Phi) is 6.45. The van der Waals surface area contributed by atoms with Crippen LogP contribution in [0.2, 0.25) is 0 Å². The van der Waals surface area contributed by atoms with E-state index in [1.165, 1.54) is 21.0 Å². The molecule has 28 heavy (non-hydrogen) atoms. The predicted molar refractivity (Wildman–Crippen MR) is 110 cm³/mol. The molecule has 1 N–H and O–H groups in total. The topological polar surface area (TPSA) is 92.8 Å². The highest BCUT2D eigenvalue weighted by Crippen LogP contribution is 2.32. The average Bonchev–Trinajstić information content (AvgIpc) is 2.61. The van der Waals surface area contributed by atoms with Gasteiger partial charge in [-0.25, -0.2) is 8.42 Å². The van der Waals surface area contributed by atoms with Crippen molar-refractivity contribution in [3.05, 3.63) is 53.6 Å². The molecular weight excluding hydrogens is 380 g/mol. The van der Waals surface area contributed by atoms with Crippen molar-refractivity contribution in [2.45, 2.75) is 26.8 Å². The van der Waals surface area contributed by atoms with Crippen molar-refractivity contribution in [1.29, 1.82) is 0 Å². The van der Waals surface area contributed by atoms with E-state index < -0.39 is 22.0 Å². The third-order valence-electron chi connectivity index (χ3n) is 4.20. The fourth-order valence-corrected chi connectivity index (χ4v) is 3.99. The van der Waals surface area contributed by atoms with Crippen molar-refractivity contribution in [1.82, 2.24) is 0 Å². The summed E-state index contributed by atoms with van der Waals surface area (Å²) in [7, 11) is -2.35. The summed E-state index contributed by atoms with van der Waals surface area (Å²) >= 11 is 0. The number of nitrogens with zero attached hydrogens (tertiary/aromatic N) is 1. The molecular formula is C20H24N2O5S. The van der Waals surface area contributed by atoms with Crippen molar-refractivity contribution in [2.75, 3.05) is 23.0 Å². The number of ketones is 1. The van der Waals surface area contributed by atoms with Crippen LogP contribution in [0.25, 0.3) is 0 Å². The van der Waals surface area contributed by atoms with Gasteiger partial charge in [0.2, 0.25) is 15.9 Å². The number of Topliss-reactive ketones (excluding diaryl/α,β-unsaturated/α-hetero) is 1. The molecule has 8 heteroatoms. The zero-order valence-corrected chi connectivity index (χ0v) is 17.3. The number of hydrogen-bond donors (Lipinski definition) is 1. The summed E-state index contributed by atoms with van der Waals surface area (Å²) in [5.74, 6) is -0.324. The van der Waals surface area contributed by atoms with Crippen LogP contribution in [0.1, 0.15) is 29.8 Å². The summed E-state index contributed by atoms with van der Waals surface area (Å²) < 4.78 is 31.3. The molecule has 1 unspecified atom stereocenters. The third-order valence-corrected chi connectivity index (χ3v) is 5.42. The summed E-state index contributed by atoms with van der Waals surface area (Å²) in [6.07, 6.45) is 1.04. The number of methoxy groups -OCH3 is 1. The molecule has 0 aliphatic carbocycles. The van der Waals surface area contributed by atoms with Gasteiger partial charge in [0.05, 0.1) is 19.1 Å². The first-order chi connectivity index (χ1) is 13.0. The fourth-order valence-electron chi connectivity index (χ4n) is 2.82. The Labute approximate surface area is 165 Å². The number of carbonyl (C=O) groups is 2. The summed E-state index contributed by atoms with van der Waals surface area (Å²) in [5.41, 5.74) is 1.97. The molecule has 0 fully saturated rings. The van der Waals surface area contributed by atoms with Gasteiger partial charge in [-0.2, -0.15) is 0 Å². The van der Waals surface area contributed by atoms with Crippen molar-refractivity contribution in [3.8, 4) is 5.75 Å². The zero-order chi connectivity index (χ0) is 21.1. The van der Waals surface area contributed by atoms with Gasteiger partial charge in [0.15, 0.2) is 5.78 Å². The lowest BCUT2D eigenvalue weighted by Gasteiger charge is -2.29. The van der Waals surface area contributed by atoms with Gasteiger partial charge in [-0.1, -0.05) is 18.2 Å². The number of amides is 1. The van der Waals surface area contributed by atoms with Crippen molar-refractivity contribution in [2.24, 2.45) is 0 Å². The van der Waals surface area contributed by atoms with Crippen LogP contribution in [-0.2, 0) is 14.8 Å². The maximum Gasteiger partial charge on any atom is 0.247 e.